The predicted molar refractivity (Wildman–Crippen MR) is 59.0 cm³/mol. The molecule has 0 amide bonds. The van der Waals surface area contributed by atoms with Gasteiger partial charge in [0.05, 0.1) is 16.8 Å². The summed E-state index contributed by atoms with van der Waals surface area (Å²) in [6.45, 7) is 1.96. The fourth-order valence-corrected chi connectivity index (χ4v) is 1.40. The third kappa shape index (κ3) is 2.49. The molecule has 1 rings (SSSR count). The van der Waals surface area contributed by atoms with Gasteiger partial charge in [-0.25, -0.2) is 13.6 Å². The van der Waals surface area contributed by atoms with E-state index in [-0.39, 0.29) is 16.8 Å². The van der Waals surface area contributed by atoms with Crippen LogP contribution in [0.25, 0.3) is 0 Å². The van der Waals surface area contributed by atoms with Gasteiger partial charge < -0.3 is 10.5 Å². The lowest BCUT2D eigenvalue weighted by molar-refractivity contribution is 0.0501. The van der Waals surface area contributed by atoms with Gasteiger partial charge in [0.1, 0.15) is 17.2 Å². The molecule has 0 saturated carbocycles. The zero-order valence-electron chi connectivity index (χ0n) is 8.52. The summed E-state index contributed by atoms with van der Waals surface area (Å²) in [5, 5.41) is 0. The average molecular weight is 294 g/mol. The molecule has 3 nitrogen and oxygen atoms in total. The van der Waals surface area contributed by atoms with E-state index in [4.69, 9.17) is 10.5 Å². The minimum absolute atomic E-state index is 0.141. The fraction of sp³-hybridized carbons (Fsp3) is 0.300. The molecule has 0 spiro atoms. The molecule has 6 heteroatoms. The van der Waals surface area contributed by atoms with Gasteiger partial charge in [0.15, 0.2) is 0 Å². The summed E-state index contributed by atoms with van der Waals surface area (Å²) < 4.78 is 30.9. The van der Waals surface area contributed by atoms with E-state index in [0.29, 0.717) is 12.5 Å². The second-order valence-electron chi connectivity index (χ2n) is 3.08. The molecular weight excluding hydrogens is 284 g/mol. The summed E-state index contributed by atoms with van der Waals surface area (Å²) in [6.07, 6.45) is 0.607. The van der Waals surface area contributed by atoms with Crippen molar-refractivity contribution in [2.45, 2.75) is 13.3 Å². The van der Waals surface area contributed by atoms with Crippen molar-refractivity contribution in [3.05, 3.63) is 27.7 Å². The van der Waals surface area contributed by atoms with Gasteiger partial charge in [0.2, 0.25) is 0 Å². The van der Waals surface area contributed by atoms with Gasteiger partial charge in [-0.2, -0.15) is 0 Å². The molecule has 0 aliphatic rings. The van der Waals surface area contributed by atoms with Crippen molar-refractivity contribution in [3.63, 3.8) is 0 Å². The Hall–Kier alpha value is -1.17. The summed E-state index contributed by atoms with van der Waals surface area (Å²) >= 11 is 2.83. The van der Waals surface area contributed by atoms with Gasteiger partial charge >= 0.3 is 5.97 Å². The number of esters is 1. The minimum atomic E-state index is -1.03. The van der Waals surface area contributed by atoms with Gasteiger partial charge in [-0.3, -0.25) is 0 Å². The van der Waals surface area contributed by atoms with Crippen molar-refractivity contribution in [2.24, 2.45) is 0 Å². The first kappa shape index (κ1) is 12.9. The van der Waals surface area contributed by atoms with E-state index in [0.717, 1.165) is 0 Å². The number of carbonyl (C=O) groups excluding carboxylic acids is 1. The molecule has 2 N–H and O–H groups in total. The molecule has 0 aliphatic carbocycles. The number of anilines is 1. The van der Waals surface area contributed by atoms with Crippen molar-refractivity contribution >= 4 is 27.6 Å². The van der Waals surface area contributed by atoms with Crippen molar-refractivity contribution in [3.8, 4) is 0 Å². The van der Waals surface area contributed by atoms with Crippen molar-refractivity contribution < 1.29 is 18.3 Å². The van der Waals surface area contributed by atoms with E-state index in [2.05, 4.69) is 15.9 Å². The lowest BCUT2D eigenvalue weighted by atomic mass is 10.1. The number of hydrogen-bond donors (Lipinski definition) is 1. The normalized spacial score (nSPS) is 10.2. The van der Waals surface area contributed by atoms with Crippen molar-refractivity contribution in [1.82, 2.24) is 0 Å². The lowest BCUT2D eigenvalue weighted by Crippen LogP contribution is -2.12. The smallest absolute Gasteiger partial charge is 0.343 e. The highest BCUT2D eigenvalue weighted by atomic mass is 79.9. The molecule has 0 bridgehead atoms. The largest absolute Gasteiger partial charge is 0.462 e. The molecule has 0 unspecified atom stereocenters. The molecule has 0 fully saturated rings. The Morgan fingerprint density at radius 2 is 2.12 bits per heavy atom. The average Bonchev–Trinajstić information content (AvgIpc) is 2.23. The topological polar surface area (TPSA) is 52.3 Å². The van der Waals surface area contributed by atoms with Crippen molar-refractivity contribution in [2.75, 3.05) is 12.3 Å². The van der Waals surface area contributed by atoms with E-state index in [1.807, 2.05) is 0 Å². The van der Waals surface area contributed by atoms with Gasteiger partial charge in [-0.15, -0.1) is 0 Å². The van der Waals surface area contributed by atoms with Crippen LogP contribution in [0.3, 0.4) is 0 Å². The lowest BCUT2D eigenvalue weighted by Gasteiger charge is -2.09. The summed E-state index contributed by atoms with van der Waals surface area (Å²) in [7, 11) is 0. The van der Waals surface area contributed by atoms with Gasteiger partial charge in [-0.05, 0) is 22.4 Å². The van der Waals surface area contributed by atoms with Crippen LogP contribution in [0.4, 0.5) is 14.5 Å². The number of nitrogen functional groups attached to an aromatic ring is 1. The van der Waals surface area contributed by atoms with E-state index < -0.39 is 23.2 Å². The van der Waals surface area contributed by atoms with Crippen LogP contribution < -0.4 is 5.73 Å². The number of carbonyl (C=O) groups is 1. The fourth-order valence-electron chi connectivity index (χ4n) is 1.09. The molecular formula is C10H10BrF2NO2. The second kappa shape index (κ2) is 5.25. The number of nitrogens with two attached hydrogens (primary N) is 1. The number of rotatable bonds is 3. The number of hydrogen-bond acceptors (Lipinski definition) is 3. The molecule has 0 atom stereocenters. The number of ether oxygens (including phenoxy) is 1. The van der Waals surface area contributed by atoms with Gasteiger partial charge in [-0.1, -0.05) is 6.92 Å². The van der Waals surface area contributed by atoms with Crippen LogP contribution in [0.15, 0.2) is 10.5 Å². The van der Waals surface area contributed by atoms with Crippen LogP contribution in [0.2, 0.25) is 0 Å². The molecule has 0 aliphatic heterocycles. The summed E-state index contributed by atoms with van der Waals surface area (Å²) in [5.41, 5.74) is 4.69. The molecule has 1 aromatic carbocycles. The minimum Gasteiger partial charge on any atom is -0.462 e. The number of halogens is 3. The Kier molecular flexibility index (Phi) is 4.23. The van der Waals surface area contributed by atoms with Crippen LogP contribution in [0.1, 0.15) is 23.7 Å². The third-order valence-corrected chi connectivity index (χ3v) is 2.66. The van der Waals surface area contributed by atoms with E-state index in [9.17, 15) is 13.6 Å². The highest BCUT2D eigenvalue weighted by molar-refractivity contribution is 9.10. The first-order valence-electron chi connectivity index (χ1n) is 4.59. The molecule has 0 aromatic heterocycles. The summed E-state index contributed by atoms with van der Waals surface area (Å²) in [6, 6.07) is 0.586. The van der Waals surface area contributed by atoms with Crippen LogP contribution in [0, 0.1) is 11.6 Å². The molecule has 88 valence electrons. The van der Waals surface area contributed by atoms with Gasteiger partial charge in [0, 0.05) is 6.07 Å². The molecule has 1 aromatic rings. The Bertz CT molecular complexity index is 424. The maximum absolute atomic E-state index is 13.3. The Balaban J connectivity index is 3.13. The molecule has 16 heavy (non-hydrogen) atoms. The maximum Gasteiger partial charge on any atom is 0.343 e. The first-order chi connectivity index (χ1) is 7.49. The Morgan fingerprint density at radius 1 is 1.50 bits per heavy atom. The zero-order chi connectivity index (χ0) is 12.3. The van der Waals surface area contributed by atoms with Gasteiger partial charge in [0.25, 0.3) is 0 Å². The molecule has 0 saturated heterocycles. The quantitative estimate of drug-likeness (QED) is 0.530. The molecule has 0 heterocycles. The third-order valence-electron chi connectivity index (χ3n) is 1.85. The second-order valence-corrected chi connectivity index (χ2v) is 3.87. The summed E-state index contributed by atoms with van der Waals surface area (Å²) in [5.74, 6) is -2.78. The van der Waals surface area contributed by atoms with E-state index in [1.54, 1.807) is 6.92 Å². The predicted octanol–water partition coefficient (Wildman–Crippen LogP) is 2.88. The van der Waals surface area contributed by atoms with Crippen LogP contribution in [-0.4, -0.2) is 12.6 Å². The van der Waals surface area contributed by atoms with Crippen LogP contribution in [0.5, 0.6) is 0 Å². The highest BCUT2D eigenvalue weighted by Crippen LogP contribution is 2.29. The van der Waals surface area contributed by atoms with E-state index in [1.165, 1.54) is 0 Å². The number of benzene rings is 1. The standard InChI is InChI=1S/C10H10BrF2NO2/c1-2-3-16-10(15)7-5(12)4-6(13)8(11)9(7)14/h4H,2-3,14H2,1H3. The maximum atomic E-state index is 13.3. The SMILES string of the molecule is CCCOC(=O)c1c(F)cc(F)c(Br)c1N. The Morgan fingerprint density at radius 3 is 2.69 bits per heavy atom. The van der Waals surface area contributed by atoms with Crippen molar-refractivity contribution in [1.29, 1.82) is 0 Å². The summed E-state index contributed by atoms with van der Waals surface area (Å²) in [4.78, 5) is 11.4. The monoisotopic (exact) mass is 293 g/mol. The Labute approximate surface area is 99.7 Å². The first-order valence-corrected chi connectivity index (χ1v) is 5.38. The molecule has 0 radical (unpaired) electrons. The zero-order valence-corrected chi connectivity index (χ0v) is 10.1. The highest BCUT2D eigenvalue weighted by Gasteiger charge is 2.21. The van der Waals surface area contributed by atoms with E-state index >= 15 is 0 Å². The van der Waals surface area contributed by atoms with Crippen LogP contribution in [-0.2, 0) is 4.74 Å². The van der Waals surface area contributed by atoms with Crippen LogP contribution >= 0.6 is 15.9 Å².